The summed E-state index contributed by atoms with van der Waals surface area (Å²) in [5, 5.41) is 11.3. The molecule has 0 aliphatic carbocycles. The number of aliphatic hydroxyl groups is 1. The van der Waals surface area contributed by atoms with Crippen molar-refractivity contribution in [1.29, 1.82) is 0 Å². The van der Waals surface area contributed by atoms with Crippen LogP contribution in [0.4, 0.5) is 0 Å². The van der Waals surface area contributed by atoms with Crippen LogP contribution in [0.2, 0.25) is 0 Å². The molecule has 0 fully saturated rings. The van der Waals surface area contributed by atoms with Crippen LogP contribution in [0, 0.1) is 13.8 Å². The van der Waals surface area contributed by atoms with Crippen molar-refractivity contribution in [2.75, 3.05) is 0 Å². The van der Waals surface area contributed by atoms with Crippen molar-refractivity contribution in [1.82, 2.24) is 4.98 Å². The van der Waals surface area contributed by atoms with E-state index in [0.29, 0.717) is 6.42 Å². The summed E-state index contributed by atoms with van der Waals surface area (Å²) in [6, 6.07) is 8.27. The van der Waals surface area contributed by atoms with Crippen molar-refractivity contribution < 1.29 is 5.11 Å². The fraction of sp³-hybridized carbons (Fsp3) is 0.471. The third kappa shape index (κ3) is 3.47. The van der Waals surface area contributed by atoms with E-state index in [9.17, 15) is 5.11 Å². The molecule has 1 atom stereocenters. The van der Waals surface area contributed by atoms with Crippen LogP contribution in [0.5, 0.6) is 0 Å². The first-order valence-corrected chi connectivity index (χ1v) is 7.80. The molecular weight excluding hydrogens is 266 g/mol. The maximum atomic E-state index is 10.3. The maximum Gasteiger partial charge on any atom is 0.0960 e. The summed E-state index contributed by atoms with van der Waals surface area (Å²) in [4.78, 5) is 5.72. The molecular formula is C17H23NOS. The lowest BCUT2D eigenvalue weighted by Gasteiger charge is -2.20. The highest BCUT2D eigenvalue weighted by atomic mass is 32.1. The molecule has 0 saturated carbocycles. The quantitative estimate of drug-likeness (QED) is 0.912. The van der Waals surface area contributed by atoms with Crippen LogP contribution < -0.4 is 0 Å². The number of aromatic nitrogens is 1. The minimum Gasteiger partial charge on any atom is -0.388 e. The first-order chi connectivity index (χ1) is 9.27. The van der Waals surface area contributed by atoms with Crippen LogP contribution in [-0.4, -0.2) is 10.1 Å². The van der Waals surface area contributed by atoms with E-state index in [1.807, 2.05) is 19.1 Å². The highest BCUT2D eigenvalue weighted by Gasteiger charge is 2.16. The average molecular weight is 289 g/mol. The van der Waals surface area contributed by atoms with Crippen LogP contribution in [0.1, 0.15) is 53.6 Å². The van der Waals surface area contributed by atoms with Crippen molar-refractivity contribution in [2.45, 2.75) is 52.6 Å². The molecule has 1 unspecified atom stereocenters. The summed E-state index contributed by atoms with van der Waals surface area (Å²) in [6.45, 7) is 10.7. The monoisotopic (exact) mass is 289 g/mol. The molecule has 1 aromatic carbocycles. The molecule has 0 saturated heterocycles. The van der Waals surface area contributed by atoms with E-state index in [2.05, 4.69) is 44.8 Å². The normalized spacial score (nSPS) is 13.5. The fourth-order valence-electron chi connectivity index (χ4n) is 2.12. The predicted octanol–water partition coefficient (Wildman–Crippen LogP) is 4.33. The van der Waals surface area contributed by atoms with E-state index >= 15 is 0 Å². The molecule has 2 rings (SSSR count). The minimum atomic E-state index is -0.478. The van der Waals surface area contributed by atoms with Crippen LogP contribution in [-0.2, 0) is 11.8 Å². The van der Waals surface area contributed by atoms with E-state index in [0.717, 1.165) is 16.3 Å². The van der Waals surface area contributed by atoms with E-state index in [4.69, 9.17) is 0 Å². The summed E-state index contributed by atoms with van der Waals surface area (Å²) >= 11 is 1.67. The van der Waals surface area contributed by atoms with Gasteiger partial charge in [0.05, 0.1) is 16.8 Å². The maximum absolute atomic E-state index is 10.3. The lowest BCUT2D eigenvalue weighted by atomic mass is 9.86. The Balaban J connectivity index is 2.11. The Hall–Kier alpha value is -1.19. The van der Waals surface area contributed by atoms with Gasteiger partial charge in [0.25, 0.3) is 0 Å². The molecule has 0 radical (unpaired) electrons. The van der Waals surface area contributed by atoms with E-state index in [1.165, 1.54) is 10.4 Å². The molecule has 20 heavy (non-hydrogen) atoms. The summed E-state index contributed by atoms with van der Waals surface area (Å²) in [7, 11) is 0. The van der Waals surface area contributed by atoms with Gasteiger partial charge in [-0.05, 0) is 30.4 Å². The average Bonchev–Trinajstić information content (AvgIpc) is 2.67. The lowest BCUT2D eigenvalue weighted by Crippen LogP contribution is -2.11. The summed E-state index contributed by atoms with van der Waals surface area (Å²) < 4.78 is 0. The van der Waals surface area contributed by atoms with Crippen LogP contribution in [0.3, 0.4) is 0 Å². The van der Waals surface area contributed by atoms with Crippen LogP contribution >= 0.6 is 11.3 Å². The Morgan fingerprint density at radius 2 is 1.75 bits per heavy atom. The summed E-state index contributed by atoms with van der Waals surface area (Å²) in [5.41, 5.74) is 3.46. The number of rotatable bonds is 3. The van der Waals surface area contributed by atoms with Gasteiger partial charge in [-0.25, -0.2) is 4.98 Å². The van der Waals surface area contributed by atoms with E-state index in [-0.39, 0.29) is 5.41 Å². The van der Waals surface area contributed by atoms with Crippen molar-refractivity contribution >= 4 is 11.3 Å². The van der Waals surface area contributed by atoms with Gasteiger partial charge in [0.1, 0.15) is 0 Å². The molecule has 1 N–H and O–H groups in total. The second-order valence-corrected chi connectivity index (χ2v) is 7.63. The Morgan fingerprint density at radius 3 is 2.20 bits per heavy atom. The van der Waals surface area contributed by atoms with Gasteiger partial charge < -0.3 is 5.11 Å². The first-order valence-electron chi connectivity index (χ1n) is 6.99. The number of benzene rings is 1. The van der Waals surface area contributed by atoms with Gasteiger partial charge in [-0.15, -0.1) is 11.3 Å². The van der Waals surface area contributed by atoms with Crippen molar-refractivity contribution in [2.24, 2.45) is 0 Å². The molecule has 3 heteroatoms. The Bertz CT molecular complexity index is 559. The predicted molar refractivity (Wildman–Crippen MR) is 85.4 cm³/mol. The number of aliphatic hydroxyl groups excluding tert-OH is 1. The third-order valence-corrected chi connectivity index (χ3v) is 4.70. The highest BCUT2D eigenvalue weighted by Crippen LogP contribution is 2.26. The number of hydrogen-bond acceptors (Lipinski definition) is 3. The molecule has 0 aliphatic heterocycles. The second kappa shape index (κ2) is 5.66. The zero-order chi connectivity index (χ0) is 14.9. The zero-order valence-electron chi connectivity index (χ0n) is 12.9. The molecule has 0 spiro atoms. The van der Waals surface area contributed by atoms with E-state index < -0.39 is 6.10 Å². The van der Waals surface area contributed by atoms with Crippen molar-refractivity contribution in [3.63, 3.8) is 0 Å². The van der Waals surface area contributed by atoms with Gasteiger partial charge in [-0.2, -0.15) is 0 Å². The first kappa shape index (κ1) is 15.2. The van der Waals surface area contributed by atoms with Gasteiger partial charge in [0, 0.05) is 11.3 Å². The lowest BCUT2D eigenvalue weighted by molar-refractivity contribution is 0.178. The van der Waals surface area contributed by atoms with Gasteiger partial charge in [-0.3, -0.25) is 0 Å². The van der Waals surface area contributed by atoms with Crippen LogP contribution in [0.25, 0.3) is 0 Å². The number of nitrogens with zero attached hydrogens (tertiary/aromatic N) is 1. The topological polar surface area (TPSA) is 33.1 Å². The van der Waals surface area contributed by atoms with Gasteiger partial charge in [0.15, 0.2) is 0 Å². The van der Waals surface area contributed by atoms with Crippen molar-refractivity contribution in [3.05, 3.63) is 51.0 Å². The zero-order valence-corrected chi connectivity index (χ0v) is 13.7. The van der Waals surface area contributed by atoms with Crippen molar-refractivity contribution in [3.8, 4) is 0 Å². The molecule has 1 heterocycles. The molecule has 0 amide bonds. The summed E-state index contributed by atoms with van der Waals surface area (Å²) in [6.07, 6.45) is 0.114. The summed E-state index contributed by atoms with van der Waals surface area (Å²) in [5.74, 6) is 0. The molecule has 2 aromatic rings. The number of thiazole rings is 1. The molecule has 0 aliphatic rings. The standard InChI is InChI=1S/C17H23NOS/c1-11-12(2)20-16(18-11)10-15(19)13-6-8-14(9-7-13)17(3,4)5/h6-9,15,19H,10H2,1-5H3. The second-order valence-electron chi connectivity index (χ2n) is 6.34. The third-order valence-electron chi connectivity index (χ3n) is 3.60. The van der Waals surface area contributed by atoms with Crippen LogP contribution in [0.15, 0.2) is 24.3 Å². The Morgan fingerprint density at radius 1 is 1.15 bits per heavy atom. The fourth-order valence-corrected chi connectivity index (χ4v) is 3.09. The number of hydrogen-bond donors (Lipinski definition) is 1. The molecule has 1 aromatic heterocycles. The van der Waals surface area contributed by atoms with E-state index in [1.54, 1.807) is 11.3 Å². The Labute approximate surface area is 125 Å². The van der Waals surface area contributed by atoms with Gasteiger partial charge >= 0.3 is 0 Å². The Kier molecular flexibility index (Phi) is 4.31. The largest absolute Gasteiger partial charge is 0.388 e. The van der Waals surface area contributed by atoms with Gasteiger partial charge in [-0.1, -0.05) is 45.0 Å². The molecule has 0 bridgehead atoms. The molecule has 2 nitrogen and oxygen atoms in total. The number of aryl methyl sites for hydroxylation is 2. The minimum absolute atomic E-state index is 0.146. The highest BCUT2D eigenvalue weighted by molar-refractivity contribution is 7.11. The smallest absolute Gasteiger partial charge is 0.0960 e. The van der Waals surface area contributed by atoms with Gasteiger partial charge in [0.2, 0.25) is 0 Å². The molecule has 108 valence electrons. The SMILES string of the molecule is Cc1nc(CC(O)c2ccc(C(C)(C)C)cc2)sc1C.